The lowest BCUT2D eigenvalue weighted by Crippen LogP contribution is -2.45. The van der Waals surface area contributed by atoms with E-state index in [1.54, 1.807) is 0 Å². The Labute approximate surface area is 161 Å². The van der Waals surface area contributed by atoms with Crippen molar-refractivity contribution in [1.82, 2.24) is 5.32 Å². The number of nitrogens with one attached hydrogen (secondary N) is 1. The van der Waals surface area contributed by atoms with E-state index in [1.807, 2.05) is 77.1 Å². The van der Waals surface area contributed by atoms with Crippen molar-refractivity contribution in [2.75, 3.05) is 0 Å². The van der Waals surface area contributed by atoms with Gasteiger partial charge in [-0.05, 0) is 57.4 Å². The Bertz CT molecular complexity index is 828. The number of carbonyl (C=O) groups excluding carboxylic acids is 1. The first-order chi connectivity index (χ1) is 12.8. The number of para-hydroxylation sites is 1. The van der Waals surface area contributed by atoms with Crippen LogP contribution in [-0.2, 0) is 4.79 Å². The van der Waals surface area contributed by atoms with E-state index in [4.69, 9.17) is 9.47 Å². The predicted octanol–water partition coefficient (Wildman–Crippen LogP) is 4.88. The molecule has 1 amide bonds. The van der Waals surface area contributed by atoms with Gasteiger partial charge in [0.1, 0.15) is 17.1 Å². The minimum Gasteiger partial charge on any atom is -0.487 e. The van der Waals surface area contributed by atoms with Gasteiger partial charge < -0.3 is 14.8 Å². The summed E-state index contributed by atoms with van der Waals surface area (Å²) in [6.45, 7) is 10.1. The quantitative estimate of drug-likeness (QED) is 0.819. The molecule has 0 spiro atoms. The molecule has 144 valence electrons. The Morgan fingerprint density at radius 3 is 2.74 bits per heavy atom. The molecular formula is C23H29NO3. The Morgan fingerprint density at radius 1 is 1.26 bits per heavy atom. The summed E-state index contributed by atoms with van der Waals surface area (Å²) in [4.78, 5) is 13.0. The van der Waals surface area contributed by atoms with Crippen LogP contribution in [0, 0.1) is 13.8 Å². The van der Waals surface area contributed by atoms with Crippen LogP contribution in [0.15, 0.2) is 42.5 Å². The second-order valence-electron chi connectivity index (χ2n) is 7.95. The molecule has 0 radical (unpaired) electrons. The lowest BCUT2D eigenvalue weighted by molar-refractivity contribution is -0.129. The molecule has 1 aliphatic rings. The molecule has 2 aromatic rings. The largest absolute Gasteiger partial charge is 0.487 e. The van der Waals surface area contributed by atoms with Gasteiger partial charge in [-0.15, -0.1) is 0 Å². The summed E-state index contributed by atoms with van der Waals surface area (Å²) in [6, 6.07) is 13.9. The van der Waals surface area contributed by atoms with E-state index in [2.05, 4.69) is 5.32 Å². The molecule has 0 aliphatic carbocycles. The molecule has 0 saturated carbocycles. The van der Waals surface area contributed by atoms with Gasteiger partial charge in [0, 0.05) is 12.0 Å². The molecule has 0 unspecified atom stereocenters. The maximum absolute atomic E-state index is 13.0. The van der Waals surface area contributed by atoms with Crippen molar-refractivity contribution in [2.24, 2.45) is 0 Å². The minimum atomic E-state index is -0.524. The molecule has 1 N–H and O–H groups in total. The number of aryl methyl sites for hydroxylation is 2. The standard InChI is InChI=1S/C23H29NO3/c1-6-19(26-21-13-15(2)11-12-16(21)3)22(25)24-18-14-23(4,5)27-20-10-8-7-9-17(18)20/h7-13,18-19H,6,14H2,1-5H3,(H,24,25)/t18-,19-/m0/s1. The predicted molar refractivity (Wildman–Crippen MR) is 107 cm³/mol. The Kier molecular flexibility index (Phi) is 5.45. The topological polar surface area (TPSA) is 47.6 Å². The van der Waals surface area contributed by atoms with Gasteiger partial charge in [-0.2, -0.15) is 0 Å². The van der Waals surface area contributed by atoms with Crippen molar-refractivity contribution in [3.63, 3.8) is 0 Å². The van der Waals surface area contributed by atoms with E-state index in [-0.39, 0.29) is 17.6 Å². The highest BCUT2D eigenvalue weighted by Gasteiger charge is 2.35. The fourth-order valence-electron chi connectivity index (χ4n) is 3.51. The van der Waals surface area contributed by atoms with E-state index in [1.165, 1.54) is 0 Å². The van der Waals surface area contributed by atoms with E-state index in [0.717, 1.165) is 34.6 Å². The summed E-state index contributed by atoms with van der Waals surface area (Å²) in [7, 11) is 0. The molecule has 2 atom stereocenters. The van der Waals surface area contributed by atoms with Crippen LogP contribution in [0.1, 0.15) is 56.3 Å². The lowest BCUT2D eigenvalue weighted by atomic mass is 9.89. The number of rotatable bonds is 5. The van der Waals surface area contributed by atoms with Crippen LogP contribution < -0.4 is 14.8 Å². The molecule has 1 aliphatic heterocycles. The molecule has 0 aromatic heterocycles. The van der Waals surface area contributed by atoms with Gasteiger partial charge in [-0.3, -0.25) is 4.79 Å². The fraction of sp³-hybridized carbons (Fsp3) is 0.435. The lowest BCUT2D eigenvalue weighted by Gasteiger charge is -2.38. The summed E-state index contributed by atoms with van der Waals surface area (Å²) < 4.78 is 12.1. The number of ether oxygens (including phenoxy) is 2. The average molecular weight is 367 g/mol. The molecule has 2 aromatic carbocycles. The van der Waals surface area contributed by atoms with Crippen molar-refractivity contribution < 1.29 is 14.3 Å². The van der Waals surface area contributed by atoms with Crippen LogP contribution in [0.5, 0.6) is 11.5 Å². The van der Waals surface area contributed by atoms with Gasteiger partial charge in [0.05, 0.1) is 6.04 Å². The van der Waals surface area contributed by atoms with Crippen LogP contribution in [0.2, 0.25) is 0 Å². The van der Waals surface area contributed by atoms with Gasteiger partial charge in [-0.25, -0.2) is 0 Å². The summed E-state index contributed by atoms with van der Waals surface area (Å²) >= 11 is 0. The minimum absolute atomic E-state index is 0.0871. The van der Waals surface area contributed by atoms with Crippen LogP contribution in [0.4, 0.5) is 0 Å². The Morgan fingerprint density at radius 2 is 2.00 bits per heavy atom. The normalized spacial score (nSPS) is 18.8. The molecular weight excluding hydrogens is 338 g/mol. The molecule has 3 rings (SSSR count). The number of benzene rings is 2. The molecule has 4 nitrogen and oxygen atoms in total. The maximum atomic E-state index is 13.0. The molecule has 0 saturated heterocycles. The van der Waals surface area contributed by atoms with Crippen LogP contribution in [0.25, 0.3) is 0 Å². The summed E-state index contributed by atoms with van der Waals surface area (Å²) in [5, 5.41) is 3.19. The highest BCUT2D eigenvalue weighted by molar-refractivity contribution is 5.81. The molecule has 27 heavy (non-hydrogen) atoms. The van der Waals surface area contributed by atoms with Crippen LogP contribution in [0.3, 0.4) is 0 Å². The summed E-state index contributed by atoms with van der Waals surface area (Å²) in [6.07, 6.45) is 0.798. The molecule has 1 heterocycles. The van der Waals surface area contributed by atoms with Gasteiger partial charge in [0.25, 0.3) is 5.91 Å². The zero-order valence-electron chi connectivity index (χ0n) is 16.8. The molecule has 4 heteroatoms. The zero-order valence-corrected chi connectivity index (χ0v) is 16.8. The first kappa shape index (κ1) is 19.3. The van der Waals surface area contributed by atoms with Crippen LogP contribution in [-0.4, -0.2) is 17.6 Å². The maximum Gasteiger partial charge on any atom is 0.261 e. The SMILES string of the molecule is CC[C@H](Oc1cc(C)ccc1C)C(=O)N[C@H]1CC(C)(C)Oc2ccccc21. The third-order valence-corrected chi connectivity index (χ3v) is 4.97. The highest BCUT2D eigenvalue weighted by Crippen LogP contribution is 2.39. The van der Waals surface area contributed by atoms with Gasteiger partial charge in [0.2, 0.25) is 0 Å². The second-order valence-corrected chi connectivity index (χ2v) is 7.95. The highest BCUT2D eigenvalue weighted by atomic mass is 16.5. The third kappa shape index (κ3) is 4.44. The number of carbonyl (C=O) groups is 1. The van der Waals surface area contributed by atoms with E-state index >= 15 is 0 Å². The summed E-state index contributed by atoms with van der Waals surface area (Å²) in [5.74, 6) is 1.52. The van der Waals surface area contributed by atoms with Crippen molar-refractivity contribution in [3.05, 3.63) is 59.2 Å². The van der Waals surface area contributed by atoms with Crippen molar-refractivity contribution in [3.8, 4) is 11.5 Å². The first-order valence-corrected chi connectivity index (χ1v) is 9.61. The van der Waals surface area contributed by atoms with Gasteiger partial charge >= 0.3 is 0 Å². The number of hydrogen-bond acceptors (Lipinski definition) is 3. The van der Waals surface area contributed by atoms with Crippen molar-refractivity contribution in [1.29, 1.82) is 0 Å². The van der Waals surface area contributed by atoms with E-state index < -0.39 is 6.10 Å². The molecule has 0 bridgehead atoms. The Balaban J connectivity index is 1.78. The van der Waals surface area contributed by atoms with Crippen molar-refractivity contribution in [2.45, 2.75) is 65.2 Å². The van der Waals surface area contributed by atoms with Crippen molar-refractivity contribution >= 4 is 5.91 Å². The average Bonchev–Trinajstić information content (AvgIpc) is 2.61. The van der Waals surface area contributed by atoms with Crippen LogP contribution >= 0.6 is 0 Å². The second kappa shape index (κ2) is 7.63. The Hall–Kier alpha value is -2.49. The zero-order chi connectivity index (χ0) is 19.6. The number of hydrogen-bond donors (Lipinski definition) is 1. The smallest absolute Gasteiger partial charge is 0.261 e. The first-order valence-electron chi connectivity index (χ1n) is 9.61. The van der Waals surface area contributed by atoms with E-state index in [9.17, 15) is 4.79 Å². The van der Waals surface area contributed by atoms with E-state index in [0.29, 0.717) is 6.42 Å². The fourth-order valence-corrected chi connectivity index (χ4v) is 3.51. The number of amides is 1. The van der Waals surface area contributed by atoms with Gasteiger partial charge in [-0.1, -0.05) is 37.3 Å². The number of fused-ring (bicyclic) bond motifs is 1. The third-order valence-electron chi connectivity index (χ3n) is 4.97. The molecule has 0 fully saturated rings. The van der Waals surface area contributed by atoms with Gasteiger partial charge in [0.15, 0.2) is 6.10 Å². The summed E-state index contributed by atoms with van der Waals surface area (Å²) in [5.41, 5.74) is 2.84. The monoisotopic (exact) mass is 367 g/mol.